The number of fused-ring (bicyclic) bond motifs is 1. The number of Topliss-reactive ketones (excluding diaryl/α,β-unsaturated/α-hetero) is 1. The zero-order chi connectivity index (χ0) is 17.9. The molecule has 3 aromatic rings. The van der Waals surface area contributed by atoms with E-state index in [0.717, 1.165) is 23.0 Å². The summed E-state index contributed by atoms with van der Waals surface area (Å²) in [6, 6.07) is 26.6. The van der Waals surface area contributed by atoms with Gasteiger partial charge in [0.05, 0.1) is 6.04 Å². The van der Waals surface area contributed by atoms with Gasteiger partial charge < -0.3 is 4.90 Å². The molecule has 3 heteroatoms. The van der Waals surface area contributed by atoms with Gasteiger partial charge in [-0.25, -0.2) is 0 Å². The van der Waals surface area contributed by atoms with Gasteiger partial charge in [0.2, 0.25) is 0 Å². The van der Waals surface area contributed by atoms with Crippen molar-refractivity contribution in [1.29, 1.82) is 0 Å². The summed E-state index contributed by atoms with van der Waals surface area (Å²) >= 11 is 3.44. The van der Waals surface area contributed by atoms with Gasteiger partial charge in [-0.05, 0) is 41.8 Å². The van der Waals surface area contributed by atoms with Crippen LogP contribution in [0.2, 0.25) is 0 Å². The Bertz CT molecular complexity index is 905. The van der Waals surface area contributed by atoms with Gasteiger partial charge in [-0.15, -0.1) is 0 Å². The molecule has 2 nitrogen and oxygen atoms in total. The number of hydrogen-bond donors (Lipinski definition) is 0. The summed E-state index contributed by atoms with van der Waals surface area (Å²) in [5.41, 5.74) is 4.57. The molecule has 0 aromatic heterocycles. The minimum Gasteiger partial charge on any atom is -0.364 e. The fourth-order valence-electron chi connectivity index (χ4n) is 3.73. The van der Waals surface area contributed by atoms with Crippen molar-refractivity contribution in [3.05, 3.63) is 100 Å². The van der Waals surface area contributed by atoms with Crippen LogP contribution in [0.3, 0.4) is 0 Å². The molecule has 0 aliphatic carbocycles. The minimum atomic E-state index is 0.0681. The Morgan fingerprint density at radius 3 is 2.38 bits per heavy atom. The van der Waals surface area contributed by atoms with Gasteiger partial charge in [0.1, 0.15) is 0 Å². The molecule has 1 unspecified atom stereocenters. The van der Waals surface area contributed by atoms with Gasteiger partial charge in [0.25, 0.3) is 0 Å². The number of rotatable bonds is 4. The highest BCUT2D eigenvalue weighted by molar-refractivity contribution is 9.10. The van der Waals surface area contributed by atoms with Crippen LogP contribution in [0.15, 0.2) is 83.3 Å². The van der Waals surface area contributed by atoms with Crippen LogP contribution in [0.4, 0.5) is 5.69 Å². The molecule has 3 aromatic carbocycles. The van der Waals surface area contributed by atoms with E-state index in [1.54, 1.807) is 0 Å². The molecule has 0 spiro atoms. The van der Waals surface area contributed by atoms with Crippen LogP contribution < -0.4 is 4.90 Å². The van der Waals surface area contributed by atoms with E-state index in [1.165, 1.54) is 16.8 Å². The highest BCUT2D eigenvalue weighted by Crippen LogP contribution is 2.36. The normalized spacial score (nSPS) is 16.2. The molecule has 1 heterocycles. The quantitative estimate of drug-likeness (QED) is 0.509. The molecule has 130 valence electrons. The third-order valence-corrected chi connectivity index (χ3v) is 5.57. The summed E-state index contributed by atoms with van der Waals surface area (Å²) in [4.78, 5) is 15.3. The predicted molar refractivity (Wildman–Crippen MR) is 110 cm³/mol. The van der Waals surface area contributed by atoms with Crippen molar-refractivity contribution in [2.75, 3.05) is 11.4 Å². The molecular formula is C23H20BrNO. The number of carbonyl (C=O) groups excluding carboxylic acids is 1. The first-order valence-electron chi connectivity index (χ1n) is 8.90. The Kier molecular flexibility index (Phi) is 4.89. The minimum absolute atomic E-state index is 0.0681. The third-order valence-electron chi connectivity index (χ3n) is 5.05. The summed E-state index contributed by atoms with van der Waals surface area (Å²) in [5.74, 6) is 0.181. The summed E-state index contributed by atoms with van der Waals surface area (Å²) in [5, 5.41) is 0. The van der Waals surface area contributed by atoms with Crippen LogP contribution >= 0.6 is 15.9 Å². The highest BCUT2D eigenvalue weighted by Gasteiger charge is 2.29. The van der Waals surface area contributed by atoms with E-state index in [1.807, 2.05) is 30.3 Å². The van der Waals surface area contributed by atoms with Crippen LogP contribution in [0.1, 0.15) is 33.9 Å². The van der Waals surface area contributed by atoms with E-state index in [-0.39, 0.29) is 11.8 Å². The highest BCUT2D eigenvalue weighted by atomic mass is 79.9. The van der Waals surface area contributed by atoms with E-state index >= 15 is 0 Å². The van der Waals surface area contributed by atoms with E-state index in [4.69, 9.17) is 0 Å². The first-order valence-corrected chi connectivity index (χ1v) is 9.70. The van der Waals surface area contributed by atoms with Crippen molar-refractivity contribution < 1.29 is 4.79 Å². The molecule has 1 aliphatic rings. The summed E-state index contributed by atoms with van der Waals surface area (Å²) in [6.07, 6.45) is 1.49. The van der Waals surface area contributed by atoms with Crippen LogP contribution in [0.25, 0.3) is 0 Å². The summed E-state index contributed by atoms with van der Waals surface area (Å²) < 4.78 is 0.989. The van der Waals surface area contributed by atoms with Crippen molar-refractivity contribution in [2.24, 2.45) is 0 Å². The molecule has 26 heavy (non-hydrogen) atoms. The lowest BCUT2D eigenvalue weighted by Gasteiger charge is -2.39. The molecule has 0 N–H and O–H groups in total. The predicted octanol–water partition coefficient (Wildman–Crippen LogP) is 5.83. The second kappa shape index (κ2) is 7.46. The number of anilines is 1. The number of para-hydroxylation sites is 1. The average molecular weight is 406 g/mol. The molecule has 1 atom stereocenters. The van der Waals surface area contributed by atoms with Crippen LogP contribution in [-0.2, 0) is 6.42 Å². The maximum Gasteiger partial charge on any atom is 0.165 e. The number of hydrogen-bond acceptors (Lipinski definition) is 2. The standard InChI is InChI=1S/C23H20BrNO/c24-19-12-10-18(11-13-19)23(26)16-22-21-9-5-4-6-17(21)14-15-25(22)20-7-2-1-3-8-20/h1-13,22H,14-16H2. The van der Waals surface area contributed by atoms with Crippen molar-refractivity contribution in [1.82, 2.24) is 0 Å². The Balaban J connectivity index is 1.68. The van der Waals surface area contributed by atoms with Gasteiger partial charge in [0, 0.05) is 28.7 Å². The van der Waals surface area contributed by atoms with Gasteiger partial charge >= 0.3 is 0 Å². The molecular weight excluding hydrogens is 386 g/mol. The number of nitrogens with zero attached hydrogens (tertiary/aromatic N) is 1. The van der Waals surface area contributed by atoms with Crippen molar-refractivity contribution >= 4 is 27.4 Å². The zero-order valence-electron chi connectivity index (χ0n) is 14.4. The number of carbonyl (C=O) groups is 1. The Labute approximate surface area is 162 Å². The molecule has 0 saturated heterocycles. The lowest BCUT2D eigenvalue weighted by atomic mass is 9.88. The fraction of sp³-hybridized carbons (Fsp3) is 0.174. The topological polar surface area (TPSA) is 20.3 Å². The first-order chi connectivity index (χ1) is 12.7. The van der Waals surface area contributed by atoms with Crippen molar-refractivity contribution in [3.63, 3.8) is 0 Å². The van der Waals surface area contributed by atoms with Gasteiger partial charge in [0.15, 0.2) is 5.78 Å². The zero-order valence-corrected chi connectivity index (χ0v) is 16.0. The molecule has 1 aliphatic heterocycles. The van der Waals surface area contributed by atoms with Crippen LogP contribution in [0, 0.1) is 0 Å². The largest absolute Gasteiger partial charge is 0.364 e. The monoisotopic (exact) mass is 405 g/mol. The van der Waals surface area contributed by atoms with Gasteiger partial charge in [-0.1, -0.05) is 70.5 Å². The lowest BCUT2D eigenvalue weighted by Crippen LogP contribution is -2.36. The number of ketones is 1. The second-order valence-electron chi connectivity index (χ2n) is 6.63. The molecule has 0 radical (unpaired) electrons. The Hall–Kier alpha value is -2.39. The van der Waals surface area contributed by atoms with E-state index in [2.05, 4.69) is 69.4 Å². The molecule has 0 amide bonds. The summed E-state index contributed by atoms with van der Waals surface area (Å²) in [7, 11) is 0. The molecule has 0 bridgehead atoms. The van der Waals surface area contributed by atoms with E-state index in [9.17, 15) is 4.79 Å². The number of halogens is 1. The van der Waals surface area contributed by atoms with Crippen LogP contribution in [-0.4, -0.2) is 12.3 Å². The molecule has 0 fully saturated rings. The lowest BCUT2D eigenvalue weighted by molar-refractivity contribution is 0.0972. The smallest absolute Gasteiger partial charge is 0.165 e. The van der Waals surface area contributed by atoms with Gasteiger partial charge in [-0.3, -0.25) is 4.79 Å². The van der Waals surface area contributed by atoms with Crippen molar-refractivity contribution in [2.45, 2.75) is 18.9 Å². The van der Waals surface area contributed by atoms with E-state index in [0.29, 0.717) is 6.42 Å². The number of benzene rings is 3. The second-order valence-corrected chi connectivity index (χ2v) is 7.54. The van der Waals surface area contributed by atoms with Crippen LogP contribution in [0.5, 0.6) is 0 Å². The Morgan fingerprint density at radius 1 is 0.923 bits per heavy atom. The average Bonchev–Trinajstić information content (AvgIpc) is 2.69. The fourth-order valence-corrected chi connectivity index (χ4v) is 3.99. The molecule has 4 rings (SSSR count). The van der Waals surface area contributed by atoms with Crippen molar-refractivity contribution in [3.8, 4) is 0 Å². The maximum absolute atomic E-state index is 13.0. The molecule has 0 saturated carbocycles. The van der Waals surface area contributed by atoms with Gasteiger partial charge in [-0.2, -0.15) is 0 Å². The first kappa shape index (κ1) is 17.0. The SMILES string of the molecule is O=C(CC1c2ccccc2CCN1c1ccccc1)c1ccc(Br)cc1. The summed E-state index contributed by atoms with van der Waals surface area (Å²) in [6.45, 7) is 0.930. The van der Waals surface area contributed by atoms with E-state index < -0.39 is 0 Å². The Morgan fingerprint density at radius 2 is 1.62 bits per heavy atom. The maximum atomic E-state index is 13.0. The third kappa shape index (κ3) is 3.45.